The number of hydrogen-bond acceptors (Lipinski definition) is 5. The summed E-state index contributed by atoms with van der Waals surface area (Å²) in [5, 5.41) is 11.9. The number of carbonyl (C=O) groups excluding carboxylic acids is 1. The fourth-order valence-corrected chi connectivity index (χ4v) is 3.04. The van der Waals surface area contributed by atoms with Crippen LogP contribution in [0.3, 0.4) is 0 Å². The van der Waals surface area contributed by atoms with Crippen LogP contribution in [-0.4, -0.2) is 29.5 Å². The molecule has 19 heavy (non-hydrogen) atoms. The molecule has 0 radical (unpaired) electrons. The maximum absolute atomic E-state index is 12.0. The zero-order valence-electron chi connectivity index (χ0n) is 9.94. The van der Waals surface area contributed by atoms with E-state index in [1.54, 1.807) is 12.1 Å². The minimum Gasteiger partial charge on any atom is -0.418 e. The summed E-state index contributed by atoms with van der Waals surface area (Å²) >= 11 is 0. The Labute approximate surface area is 108 Å². The Kier molecular flexibility index (Phi) is 2.11. The third-order valence-corrected chi connectivity index (χ3v) is 3.87. The Bertz CT molecular complexity index is 596. The van der Waals surface area contributed by atoms with Gasteiger partial charge >= 0.3 is 11.7 Å². The van der Waals surface area contributed by atoms with Crippen LogP contribution in [0, 0.1) is 11.1 Å². The Balaban J connectivity index is 1.92. The van der Waals surface area contributed by atoms with Gasteiger partial charge in [0.05, 0.1) is 10.8 Å². The third kappa shape index (κ3) is 1.40. The molecule has 4 rings (SSSR count). The fraction of sp³-hybridized carbons (Fsp3) is 0.385. The molecule has 0 spiro atoms. The first kappa shape index (κ1) is 10.8. The van der Waals surface area contributed by atoms with Crippen LogP contribution in [0.4, 0.5) is 0 Å². The predicted molar refractivity (Wildman–Crippen MR) is 62.4 cm³/mol. The van der Waals surface area contributed by atoms with Gasteiger partial charge in [0.25, 0.3) is 0 Å². The predicted octanol–water partition coefficient (Wildman–Crippen LogP) is 0.948. The van der Waals surface area contributed by atoms with E-state index in [1.165, 1.54) is 0 Å². The molecule has 1 fully saturated rings. The lowest BCUT2D eigenvalue weighted by atomic mass is 9.79. The lowest BCUT2D eigenvalue weighted by molar-refractivity contribution is -0.772. The molecule has 1 aromatic carbocycles. The van der Waals surface area contributed by atoms with E-state index in [1.807, 2.05) is 12.1 Å². The zero-order valence-corrected chi connectivity index (χ0v) is 9.94. The molecule has 1 aromatic rings. The molecule has 6 nitrogen and oxygen atoms in total. The van der Waals surface area contributed by atoms with E-state index in [2.05, 4.69) is 0 Å². The lowest BCUT2D eigenvalue weighted by Gasteiger charge is -2.34. The number of hydrogen-bond donors (Lipinski definition) is 0. The van der Waals surface area contributed by atoms with E-state index in [0.29, 0.717) is 12.4 Å². The van der Waals surface area contributed by atoms with Crippen molar-refractivity contribution in [2.45, 2.75) is 18.6 Å². The Morgan fingerprint density at radius 1 is 1.32 bits per heavy atom. The summed E-state index contributed by atoms with van der Waals surface area (Å²) < 4.78 is 10.6. The van der Waals surface area contributed by atoms with E-state index < -0.39 is 12.3 Å². The third-order valence-electron chi connectivity index (χ3n) is 3.87. The van der Waals surface area contributed by atoms with Gasteiger partial charge in [0.15, 0.2) is 6.29 Å². The average Bonchev–Trinajstić information content (AvgIpc) is 2.86. The zero-order chi connectivity index (χ0) is 13.0. The average molecular weight is 261 g/mol. The van der Waals surface area contributed by atoms with Gasteiger partial charge in [0.2, 0.25) is 0 Å². The van der Waals surface area contributed by atoms with Crippen LogP contribution in [0.2, 0.25) is 0 Å². The van der Waals surface area contributed by atoms with Crippen LogP contribution in [0.25, 0.3) is 0 Å². The summed E-state index contributed by atoms with van der Waals surface area (Å²) in [5.74, 6) is -0.448. The molecule has 0 saturated carbocycles. The van der Waals surface area contributed by atoms with E-state index in [0.717, 1.165) is 12.0 Å². The van der Waals surface area contributed by atoms with Crippen LogP contribution < -0.4 is 4.74 Å². The highest BCUT2D eigenvalue weighted by Crippen LogP contribution is 2.44. The number of benzene rings is 1. The van der Waals surface area contributed by atoms with Crippen molar-refractivity contribution >= 4 is 11.7 Å². The van der Waals surface area contributed by atoms with E-state index >= 15 is 0 Å². The molecule has 0 bridgehead atoms. The second-order valence-electron chi connectivity index (χ2n) is 4.84. The van der Waals surface area contributed by atoms with Crippen molar-refractivity contribution in [3.05, 3.63) is 35.0 Å². The van der Waals surface area contributed by atoms with Gasteiger partial charge in [-0.1, -0.05) is 18.2 Å². The molecule has 0 aliphatic carbocycles. The Morgan fingerprint density at radius 3 is 3.05 bits per heavy atom. The molecule has 1 saturated heterocycles. The van der Waals surface area contributed by atoms with Gasteiger partial charge in [0.1, 0.15) is 5.75 Å². The number of nitrogens with zero attached hydrogens (tertiary/aromatic N) is 1. The second-order valence-corrected chi connectivity index (χ2v) is 4.84. The van der Waals surface area contributed by atoms with Gasteiger partial charge in [-0.25, -0.2) is 4.79 Å². The van der Waals surface area contributed by atoms with Crippen LogP contribution in [-0.2, 0) is 14.4 Å². The summed E-state index contributed by atoms with van der Waals surface area (Å²) in [7, 11) is 0. The van der Waals surface area contributed by atoms with Crippen LogP contribution >= 0.6 is 0 Å². The molecule has 0 amide bonds. The largest absolute Gasteiger partial charge is 0.418 e. The summed E-state index contributed by atoms with van der Waals surface area (Å²) in [5.41, 5.74) is 0.868. The smallest absolute Gasteiger partial charge is 0.411 e. The quantitative estimate of drug-likeness (QED) is 0.395. The van der Waals surface area contributed by atoms with Crippen molar-refractivity contribution < 1.29 is 24.0 Å². The summed E-state index contributed by atoms with van der Waals surface area (Å²) in [6.45, 7) is 0.532. The molecule has 3 aliphatic heterocycles. The topological polar surface area (TPSA) is 70.8 Å². The van der Waals surface area contributed by atoms with E-state index in [9.17, 15) is 10.0 Å². The number of carbonyl (C=O) groups is 1. The number of para-hydroxylation sites is 1. The Morgan fingerprint density at radius 2 is 2.16 bits per heavy atom. The van der Waals surface area contributed by atoms with Crippen molar-refractivity contribution in [3.63, 3.8) is 0 Å². The van der Waals surface area contributed by atoms with Crippen molar-refractivity contribution in [3.8, 4) is 5.75 Å². The summed E-state index contributed by atoms with van der Waals surface area (Å²) in [6.07, 6.45) is 0.180. The van der Waals surface area contributed by atoms with Crippen LogP contribution in [0.5, 0.6) is 5.75 Å². The first-order valence-electron chi connectivity index (χ1n) is 6.19. The van der Waals surface area contributed by atoms with Gasteiger partial charge in [-0.2, -0.15) is 0 Å². The van der Waals surface area contributed by atoms with Gasteiger partial charge in [-0.3, -0.25) is 5.21 Å². The highest BCUT2D eigenvalue weighted by molar-refractivity contribution is 6.38. The molecule has 98 valence electrons. The van der Waals surface area contributed by atoms with E-state index in [-0.39, 0.29) is 22.4 Å². The minimum atomic E-state index is -0.635. The lowest BCUT2D eigenvalue weighted by Crippen LogP contribution is -2.48. The molecule has 0 N–H and O–H groups in total. The van der Waals surface area contributed by atoms with Crippen LogP contribution in [0.15, 0.2) is 24.3 Å². The number of ether oxygens (including phenoxy) is 2. The second kappa shape index (κ2) is 3.71. The monoisotopic (exact) mass is 261 g/mol. The number of rotatable bonds is 0. The molecular weight excluding hydrogens is 250 g/mol. The van der Waals surface area contributed by atoms with Gasteiger partial charge in [-0.15, -0.1) is 0 Å². The molecule has 3 aliphatic rings. The van der Waals surface area contributed by atoms with Crippen molar-refractivity contribution in [2.75, 3.05) is 6.61 Å². The molecule has 6 heteroatoms. The first-order valence-corrected chi connectivity index (χ1v) is 6.19. The highest BCUT2D eigenvalue weighted by Gasteiger charge is 2.53. The Hall–Kier alpha value is -2.08. The summed E-state index contributed by atoms with van der Waals surface area (Å²) in [4.78, 5) is 17.3. The van der Waals surface area contributed by atoms with Crippen molar-refractivity contribution in [2.24, 2.45) is 5.92 Å². The van der Waals surface area contributed by atoms with Gasteiger partial charge in [-0.05, 0) is 12.5 Å². The standard InChI is InChI=1S/C13H11NO5/c15-12-11-10(7-3-1-2-4-9(7)18-12)8-5-6-17-13(8)19-14(11)16/h1-4,8,10,13H,5-6H2/t8-,10+,13+/m1/s1. The molecule has 0 aromatic heterocycles. The normalized spacial score (nSPS) is 32.0. The number of esters is 1. The molecule has 0 unspecified atom stereocenters. The molecule has 3 heterocycles. The fourth-order valence-electron chi connectivity index (χ4n) is 3.04. The van der Waals surface area contributed by atoms with Gasteiger partial charge < -0.3 is 14.3 Å². The van der Waals surface area contributed by atoms with Crippen molar-refractivity contribution in [1.29, 1.82) is 0 Å². The highest BCUT2D eigenvalue weighted by atomic mass is 16.9. The van der Waals surface area contributed by atoms with E-state index in [4.69, 9.17) is 14.3 Å². The van der Waals surface area contributed by atoms with Crippen molar-refractivity contribution in [1.82, 2.24) is 0 Å². The van der Waals surface area contributed by atoms with Gasteiger partial charge in [0, 0.05) is 18.1 Å². The maximum Gasteiger partial charge on any atom is 0.411 e. The summed E-state index contributed by atoms with van der Waals surface area (Å²) in [6, 6.07) is 7.28. The van der Waals surface area contributed by atoms with Crippen LogP contribution in [0.1, 0.15) is 17.9 Å². The SMILES string of the molecule is O=C1Oc2ccccc2[C@@H]2C1=[N+]([O-])O[C@@H]1OCC[C@@H]12. The minimum absolute atomic E-state index is 0.0189. The first-order chi connectivity index (χ1) is 9.25. The number of fused-ring (bicyclic) bond motifs is 5. The maximum atomic E-state index is 12.0. The molecular formula is C13H11NO5. The molecule has 3 atom stereocenters.